The van der Waals surface area contributed by atoms with Crippen LogP contribution in [0.1, 0.15) is 0 Å². The van der Waals surface area contributed by atoms with Crippen LogP contribution >= 0.6 is 39.8 Å². The fraction of sp³-hybridized carbons (Fsp3) is 0. The zero-order valence-electron chi connectivity index (χ0n) is 11.5. The van der Waals surface area contributed by atoms with Crippen molar-refractivity contribution in [3.05, 3.63) is 36.2 Å². The molecule has 0 aliphatic carbocycles. The lowest BCUT2D eigenvalue weighted by Gasteiger charge is -2.05. The molecule has 114 valence electrons. The topological polar surface area (TPSA) is 95.4 Å². The molecule has 4 rings (SSSR count). The van der Waals surface area contributed by atoms with Crippen LogP contribution in [0, 0.1) is 0 Å². The number of nitrogens with zero attached hydrogens (tertiary/aromatic N) is 6. The summed E-state index contributed by atoms with van der Waals surface area (Å²) < 4.78 is 2.96. The lowest BCUT2D eigenvalue weighted by molar-refractivity contribution is 0.994. The Hall–Kier alpha value is -1.71. The van der Waals surface area contributed by atoms with E-state index < -0.39 is 0 Å². The summed E-state index contributed by atoms with van der Waals surface area (Å²) in [6.45, 7) is 0. The van der Waals surface area contributed by atoms with Gasteiger partial charge < -0.3 is 5.73 Å². The number of fused-ring (bicyclic) bond motifs is 1. The fourth-order valence-electron chi connectivity index (χ4n) is 2.30. The SMILES string of the molecule is Nc1ncc(-c2ccc(-c3cnn(PI)c3)c3ncsc23)nn1. The highest BCUT2D eigenvalue weighted by Gasteiger charge is 2.14. The van der Waals surface area contributed by atoms with E-state index in [2.05, 4.69) is 47.3 Å². The number of aromatic nitrogens is 6. The number of rotatable bonds is 3. The highest BCUT2D eigenvalue weighted by atomic mass is 127. The van der Waals surface area contributed by atoms with E-state index >= 15 is 0 Å². The largest absolute Gasteiger partial charge is 0.366 e. The summed E-state index contributed by atoms with van der Waals surface area (Å²) in [6, 6.07) is 4.05. The van der Waals surface area contributed by atoms with Gasteiger partial charge in [-0.15, -0.1) is 21.5 Å². The summed E-state index contributed by atoms with van der Waals surface area (Å²) >= 11 is 3.87. The van der Waals surface area contributed by atoms with Crippen molar-refractivity contribution in [2.45, 2.75) is 0 Å². The number of nitrogen functional groups attached to an aromatic ring is 1. The summed E-state index contributed by atoms with van der Waals surface area (Å²) in [6.07, 6.45) is 6.10. The van der Waals surface area contributed by atoms with Crippen LogP contribution in [0.15, 0.2) is 36.2 Å². The van der Waals surface area contributed by atoms with Gasteiger partial charge in [0.1, 0.15) is 5.69 Å². The van der Waals surface area contributed by atoms with Crippen LogP contribution in [0.5, 0.6) is 0 Å². The summed E-state index contributed by atoms with van der Waals surface area (Å²) in [5.41, 5.74) is 12.0. The maximum Gasteiger partial charge on any atom is 0.240 e. The maximum atomic E-state index is 5.51. The molecule has 3 heterocycles. The molecular weight excluding hydrogens is 444 g/mol. The van der Waals surface area contributed by atoms with Gasteiger partial charge in [-0.2, -0.15) is 5.10 Å². The normalized spacial score (nSPS) is 11.7. The minimum atomic E-state index is 0.165. The van der Waals surface area contributed by atoms with Gasteiger partial charge in [0.05, 0.1) is 34.5 Å². The number of benzene rings is 1. The first kappa shape index (κ1) is 14.9. The highest BCUT2D eigenvalue weighted by Crippen LogP contribution is 2.37. The van der Waals surface area contributed by atoms with Crippen molar-refractivity contribution in [2.24, 2.45) is 0 Å². The summed E-state index contributed by atoms with van der Waals surface area (Å²) in [5, 5.41) is 12.3. The molecule has 0 saturated heterocycles. The van der Waals surface area contributed by atoms with Gasteiger partial charge in [0.2, 0.25) is 5.95 Å². The molecular formula is C13H9IN7PS. The summed E-state index contributed by atoms with van der Waals surface area (Å²) in [5.74, 6) is 0.165. The Kier molecular flexibility index (Phi) is 3.92. The van der Waals surface area contributed by atoms with Crippen molar-refractivity contribution in [2.75, 3.05) is 5.73 Å². The number of anilines is 1. The standard InChI is InChI=1S/C13H9IN7PS/c14-22-21-5-7(3-18-21)8-1-2-9(12-11(8)17-6-23-12)10-4-16-13(15)20-19-10/h1-6,22H,(H2,15,16,20). The molecule has 3 aromatic heterocycles. The van der Waals surface area contributed by atoms with E-state index in [-0.39, 0.29) is 5.95 Å². The molecule has 7 nitrogen and oxygen atoms in total. The minimum absolute atomic E-state index is 0.165. The quantitative estimate of drug-likeness (QED) is 0.378. The first-order valence-corrected chi connectivity index (χ1v) is 11.4. The van der Waals surface area contributed by atoms with Crippen LogP contribution < -0.4 is 5.73 Å². The Balaban J connectivity index is 1.89. The van der Waals surface area contributed by atoms with E-state index in [1.54, 1.807) is 17.5 Å². The molecule has 0 aliphatic heterocycles. The summed E-state index contributed by atoms with van der Waals surface area (Å²) in [7, 11) is 0. The van der Waals surface area contributed by atoms with Gasteiger partial charge in [-0.25, -0.2) is 14.4 Å². The second-order valence-corrected chi connectivity index (χ2v) is 7.58. The zero-order chi connectivity index (χ0) is 15.8. The lowest BCUT2D eigenvalue weighted by atomic mass is 10.0. The second-order valence-electron chi connectivity index (χ2n) is 4.65. The molecule has 1 unspecified atom stereocenters. The summed E-state index contributed by atoms with van der Waals surface area (Å²) in [4.78, 5) is 8.54. The van der Waals surface area contributed by atoms with E-state index in [4.69, 9.17) is 5.73 Å². The molecule has 0 amide bonds. The number of hydrogen-bond acceptors (Lipinski definition) is 7. The van der Waals surface area contributed by atoms with Crippen molar-refractivity contribution in [3.8, 4) is 22.4 Å². The van der Waals surface area contributed by atoms with Crippen molar-refractivity contribution in [3.63, 3.8) is 0 Å². The van der Waals surface area contributed by atoms with Crippen molar-refractivity contribution >= 4 is 55.9 Å². The molecule has 10 heteroatoms. The average Bonchev–Trinajstić information content (AvgIpc) is 3.24. The van der Waals surface area contributed by atoms with Crippen LogP contribution in [0.25, 0.3) is 32.6 Å². The number of halogens is 1. The van der Waals surface area contributed by atoms with Gasteiger partial charge in [-0.1, -0.05) is 12.1 Å². The second kappa shape index (κ2) is 6.06. The predicted octanol–water partition coefficient (Wildman–Crippen LogP) is 3.39. The van der Waals surface area contributed by atoms with E-state index in [0.717, 1.165) is 26.9 Å². The van der Waals surface area contributed by atoms with Crippen molar-refractivity contribution in [1.29, 1.82) is 0 Å². The van der Waals surface area contributed by atoms with Gasteiger partial charge in [-0.3, -0.25) is 0 Å². The van der Waals surface area contributed by atoms with Crippen LogP contribution in [0.2, 0.25) is 0 Å². The monoisotopic (exact) mass is 453 g/mol. The number of hydrogen-bond donors (Lipinski definition) is 1. The molecule has 1 atom stereocenters. The van der Waals surface area contributed by atoms with Gasteiger partial charge in [-0.05, 0) is 22.0 Å². The van der Waals surface area contributed by atoms with Crippen molar-refractivity contribution in [1.82, 2.24) is 29.7 Å². The third-order valence-corrected chi connectivity index (χ3v) is 6.08. The zero-order valence-corrected chi connectivity index (χ0v) is 15.5. The van der Waals surface area contributed by atoms with Gasteiger partial charge in [0.25, 0.3) is 0 Å². The first-order valence-electron chi connectivity index (χ1n) is 6.50. The maximum absolute atomic E-state index is 5.51. The molecule has 2 N–H and O–H groups in total. The van der Waals surface area contributed by atoms with Gasteiger partial charge in [0, 0.05) is 22.9 Å². The van der Waals surface area contributed by atoms with E-state index in [1.807, 2.05) is 34.5 Å². The molecule has 0 bridgehead atoms. The van der Waals surface area contributed by atoms with E-state index in [1.165, 1.54) is 0 Å². The molecule has 23 heavy (non-hydrogen) atoms. The van der Waals surface area contributed by atoms with Crippen LogP contribution in [-0.4, -0.2) is 29.7 Å². The fourth-order valence-corrected chi connectivity index (χ4v) is 4.22. The Morgan fingerprint density at radius 1 is 1.13 bits per heavy atom. The molecule has 1 aromatic carbocycles. The van der Waals surface area contributed by atoms with Gasteiger partial charge in [0.15, 0.2) is 0 Å². The molecule has 0 radical (unpaired) electrons. The highest BCUT2D eigenvalue weighted by molar-refractivity contribution is 14.2. The van der Waals surface area contributed by atoms with E-state index in [0.29, 0.717) is 12.1 Å². The number of thiazole rings is 1. The molecule has 0 fully saturated rings. The van der Waals surface area contributed by atoms with E-state index in [9.17, 15) is 0 Å². The number of nitrogens with two attached hydrogens (primary N) is 1. The van der Waals surface area contributed by atoms with Crippen LogP contribution in [0.4, 0.5) is 5.95 Å². The smallest absolute Gasteiger partial charge is 0.240 e. The Bertz CT molecular complexity index is 982. The van der Waals surface area contributed by atoms with Crippen LogP contribution in [0.3, 0.4) is 0 Å². The van der Waals surface area contributed by atoms with Crippen LogP contribution in [-0.2, 0) is 0 Å². The Morgan fingerprint density at radius 3 is 2.74 bits per heavy atom. The average molecular weight is 453 g/mol. The Morgan fingerprint density at radius 2 is 2.00 bits per heavy atom. The molecule has 0 saturated carbocycles. The van der Waals surface area contributed by atoms with Gasteiger partial charge >= 0.3 is 0 Å². The third kappa shape index (κ3) is 2.68. The molecule has 0 spiro atoms. The molecule has 0 aliphatic rings. The Labute approximate surface area is 149 Å². The minimum Gasteiger partial charge on any atom is -0.366 e. The molecule has 4 aromatic rings. The predicted molar refractivity (Wildman–Crippen MR) is 102 cm³/mol. The third-order valence-electron chi connectivity index (χ3n) is 3.32. The first-order chi connectivity index (χ1) is 11.3. The lowest BCUT2D eigenvalue weighted by Crippen LogP contribution is -1.97. The van der Waals surface area contributed by atoms with Crippen molar-refractivity contribution < 1.29 is 0 Å².